The van der Waals surface area contributed by atoms with Crippen LogP contribution in [0.15, 0.2) is 110 Å². The summed E-state index contributed by atoms with van der Waals surface area (Å²) in [7, 11) is 0. The second-order valence-electron chi connectivity index (χ2n) is 10.8. The zero-order chi connectivity index (χ0) is 29.5. The van der Waals surface area contributed by atoms with Gasteiger partial charge in [0, 0.05) is 65.3 Å². The van der Waals surface area contributed by atoms with E-state index >= 15 is 0 Å². The molecule has 1 aliphatic carbocycles. The van der Waals surface area contributed by atoms with Gasteiger partial charge in [0.2, 0.25) is 11.9 Å². The summed E-state index contributed by atoms with van der Waals surface area (Å²) in [4.78, 5) is 43.4. The van der Waals surface area contributed by atoms with Gasteiger partial charge in [0.1, 0.15) is 11.5 Å². The van der Waals surface area contributed by atoms with E-state index in [2.05, 4.69) is 16.0 Å². The summed E-state index contributed by atoms with van der Waals surface area (Å²) in [5, 5.41) is 1.86. The highest BCUT2D eigenvalue weighted by Crippen LogP contribution is 2.45. The Morgan fingerprint density at radius 2 is 1.20 bits per heavy atom. The molecule has 0 saturated heterocycles. The maximum absolute atomic E-state index is 5.20. The van der Waals surface area contributed by atoms with Crippen molar-refractivity contribution in [2.45, 2.75) is 5.92 Å². The molecule has 0 saturated carbocycles. The van der Waals surface area contributed by atoms with Gasteiger partial charge in [-0.15, -0.1) is 0 Å². The van der Waals surface area contributed by atoms with Crippen molar-refractivity contribution in [1.29, 1.82) is 0 Å². The highest BCUT2D eigenvalue weighted by Gasteiger charge is 2.35. The van der Waals surface area contributed by atoms with E-state index < -0.39 is 0 Å². The number of hydrogen-bond acceptors (Lipinski definition) is 9. The molecule has 1 aliphatic rings. The second-order valence-corrected chi connectivity index (χ2v) is 10.8. The molecular formula is C34H19N11. The zero-order valence-electron chi connectivity index (χ0n) is 23.4. The van der Waals surface area contributed by atoms with Crippen LogP contribution in [0.3, 0.4) is 0 Å². The van der Waals surface area contributed by atoms with Gasteiger partial charge in [0.05, 0.1) is 45.4 Å². The van der Waals surface area contributed by atoms with Crippen LogP contribution in [0.5, 0.6) is 0 Å². The minimum absolute atomic E-state index is 0.344. The first-order valence-corrected chi connectivity index (χ1v) is 14.4. The normalized spacial score (nSPS) is 14.0. The van der Waals surface area contributed by atoms with E-state index in [4.69, 9.17) is 34.9 Å². The molecule has 0 aliphatic heterocycles. The van der Waals surface area contributed by atoms with Gasteiger partial charge in [-0.05, 0) is 60.2 Å². The predicted octanol–water partition coefficient (Wildman–Crippen LogP) is 5.60. The highest BCUT2D eigenvalue weighted by atomic mass is 15.3. The largest absolute Gasteiger partial charge is 0.275 e. The zero-order valence-corrected chi connectivity index (χ0v) is 23.4. The molecule has 1 atom stereocenters. The van der Waals surface area contributed by atoms with Crippen molar-refractivity contribution in [3.63, 3.8) is 0 Å². The van der Waals surface area contributed by atoms with Crippen LogP contribution in [0.1, 0.15) is 23.0 Å². The molecular weight excluding hydrogens is 562 g/mol. The van der Waals surface area contributed by atoms with Gasteiger partial charge in [-0.25, -0.2) is 4.98 Å². The summed E-state index contributed by atoms with van der Waals surface area (Å²) in [5.74, 6) is 1.07. The first kappa shape index (κ1) is 24.0. The monoisotopic (exact) mass is 581 g/mol. The lowest BCUT2D eigenvalue weighted by molar-refractivity contribution is 0.778. The molecule has 10 rings (SSSR count). The number of aromatic nitrogens is 11. The van der Waals surface area contributed by atoms with Crippen LogP contribution in [0.4, 0.5) is 0 Å². The first-order valence-electron chi connectivity index (χ1n) is 14.4. The van der Waals surface area contributed by atoms with Crippen LogP contribution >= 0.6 is 0 Å². The standard InChI is InChI=1S/C34H19N11/c1-5-20-23-17-35-15-9-19(23)27(30(20)39-11-1)31-41-33(44-24-7-3-12-37-28(24)21-10-16-36-18-26(21)44)43-34(42-31)45-25-8-4-13-38-29(25)22-6-2-14-40-32(22)45/h1-18,27H. The maximum Gasteiger partial charge on any atom is 0.241 e. The third-order valence-corrected chi connectivity index (χ3v) is 8.46. The van der Waals surface area contributed by atoms with E-state index in [1.165, 1.54) is 0 Å². The van der Waals surface area contributed by atoms with Crippen LogP contribution in [0, 0.1) is 0 Å². The van der Waals surface area contributed by atoms with E-state index in [1.807, 2.05) is 76.1 Å². The van der Waals surface area contributed by atoms with Crippen LogP contribution in [-0.4, -0.2) is 54.0 Å². The van der Waals surface area contributed by atoms with E-state index in [0.29, 0.717) is 23.4 Å². The number of fused-ring (bicyclic) bond motifs is 9. The van der Waals surface area contributed by atoms with E-state index in [-0.39, 0.29) is 5.92 Å². The molecule has 1 unspecified atom stereocenters. The Morgan fingerprint density at radius 1 is 0.511 bits per heavy atom. The molecule has 11 heteroatoms. The van der Waals surface area contributed by atoms with Gasteiger partial charge in [-0.1, -0.05) is 6.07 Å². The molecule has 210 valence electrons. The summed E-state index contributed by atoms with van der Waals surface area (Å²) < 4.78 is 3.96. The lowest BCUT2D eigenvalue weighted by Crippen LogP contribution is -2.15. The van der Waals surface area contributed by atoms with Crippen molar-refractivity contribution in [2.24, 2.45) is 0 Å². The summed E-state index contributed by atoms with van der Waals surface area (Å²) in [6, 6.07) is 19.8. The van der Waals surface area contributed by atoms with Gasteiger partial charge in [-0.2, -0.15) is 15.0 Å². The fourth-order valence-corrected chi connectivity index (χ4v) is 6.62. The number of hydrogen-bond donors (Lipinski definition) is 0. The molecule has 0 radical (unpaired) electrons. The Kier molecular flexibility index (Phi) is 4.80. The van der Waals surface area contributed by atoms with Crippen LogP contribution < -0.4 is 0 Å². The number of rotatable bonds is 3. The van der Waals surface area contributed by atoms with E-state index in [0.717, 1.165) is 60.7 Å². The van der Waals surface area contributed by atoms with Crippen molar-refractivity contribution in [1.82, 2.24) is 54.0 Å². The van der Waals surface area contributed by atoms with Gasteiger partial charge >= 0.3 is 0 Å². The van der Waals surface area contributed by atoms with Crippen LogP contribution in [0.2, 0.25) is 0 Å². The molecule has 0 spiro atoms. The highest BCUT2D eigenvalue weighted by molar-refractivity contribution is 6.06. The average Bonchev–Trinajstić information content (AvgIpc) is 3.74. The molecule has 0 N–H and O–H groups in total. The predicted molar refractivity (Wildman–Crippen MR) is 168 cm³/mol. The van der Waals surface area contributed by atoms with E-state index in [9.17, 15) is 0 Å². The van der Waals surface area contributed by atoms with Crippen LogP contribution in [-0.2, 0) is 0 Å². The molecule has 0 aromatic carbocycles. The van der Waals surface area contributed by atoms with E-state index in [1.54, 1.807) is 37.2 Å². The molecule has 0 bridgehead atoms. The van der Waals surface area contributed by atoms with Gasteiger partial charge in [0.15, 0.2) is 0 Å². The number of nitrogens with zero attached hydrogens (tertiary/aromatic N) is 11. The topological polar surface area (TPSA) is 126 Å². The first-order chi connectivity index (χ1) is 22.3. The lowest BCUT2D eigenvalue weighted by atomic mass is 10.0. The Labute approximate surface area is 254 Å². The smallest absolute Gasteiger partial charge is 0.241 e. The third-order valence-electron chi connectivity index (χ3n) is 8.46. The van der Waals surface area contributed by atoms with Crippen molar-refractivity contribution >= 4 is 44.0 Å². The molecule has 9 heterocycles. The summed E-state index contributed by atoms with van der Waals surface area (Å²) in [5.41, 5.74) is 8.84. The van der Waals surface area contributed by atoms with Gasteiger partial charge in [-0.3, -0.25) is 34.1 Å². The molecule has 0 fully saturated rings. The van der Waals surface area contributed by atoms with Crippen molar-refractivity contribution < 1.29 is 0 Å². The molecule has 45 heavy (non-hydrogen) atoms. The Bertz CT molecular complexity index is 2350. The average molecular weight is 582 g/mol. The Balaban J connectivity index is 1.34. The van der Waals surface area contributed by atoms with Crippen molar-refractivity contribution in [2.75, 3.05) is 0 Å². The summed E-state index contributed by atoms with van der Waals surface area (Å²) in [6.45, 7) is 0. The maximum atomic E-state index is 5.20. The fourth-order valence-electron chi connectivity index (χ4n) is 6.62. The van der Waals surface area contributed by atoms with Crippen molar-refractivity contribution in [3.8, 4) is 23.0 Å². The van der Waals surface area contributed by atoms with Crippen molar-refractivity contribution in [3.05, 3.63) is 127 Å². The summed E-state index contributed by atoms with van der Waals surface area (Å²) in [6.07, 6.45) is 14.4. The van der Waals surface area contributed by atoms with Gasteiger partial charge in [0.25, 0.3) is 0 Å². The van der Waals surface area contributed by atoms with Crippen LogP contribution in [0.25, 0.3) is 67.0 Å². The van der Waals surface area contributed by atoms with Gasteiger partial charge < -0.3 is 0 Å². The molecule has 11 nitrogen and oxygen atoms in total. The molecule has 9 aromatic heterocycles. The summed E-state index contributed by atoms with van der Waals surface area (Å²) >= 11 is 0. The minimum atomic E-state index is -0.344. The SMILES string of the molecule is c1cnc2c(c1)-c1cnccc1C2c1nc(-n2c3cnccc3c3ncccc32)nc(-n2c3cccnc3c3cccnc32)n1. The third kappa shape index (κ3) is 3.31. The lowest BCUT2D eigenvalue weighted by Gasteiger charge is -2.16. The fraction of sp³-hybridized carbons (Fsp3) is 0.0294. The second kappa shape index (κ2) is 9.01. The molecule has 0 amide bonds. The molecule has 9 aromatic rings. The quantitative estimate of drug-likeness (QED) is 0.262. The Hall–Kier alpha value is -6.49. The minimum Gasteiger partial charge on any atom is -0.275 e. The number of pyridine rings is 6. The Morgan fingerprint density at radius 3 is 2.09 bits per heavy atom.